The van der Waals surface area contributed by atoms with Crippen LogP contribution in [-0.2, 0) is 6.42 Å². The summed E-state index contributed by atoms with van der Waals surface area (Å²) in [6.07, 6.45) is 17.2. The summed E-state index contributed by atoms with van der Waals surface area (Å²) in [5.41, 5.74) is 5.71. The number of aryl methyl sites for hydroxylation is 1. The SMILES string of the molecule is C=C1C(C)[C@@H](C)[C@H](C)[C@@H](CC2CC(C)CC(N(C)C(=C)Nc3cccc4c3C=CCC4)C2)C(C)(C)C[C@@H](C)CN(C)C(C)C(C)[C@H]1C.CC.CC.CCCCC(C)[C@@H](C)Cl. The zero-order chi connectivity index (χ0) is 46.1. The summed E-state index contributed by atoms with van der Waals surface area (Å²) in [6.45, 7) is 50.2. The van der Waals surface area contributed by atoms with Crippen molar-refractivity contribution in [1.82, 2.24) is 9.80 Å². The van der Waals surface area contributed by atoms with E-state index in [1.165, 1.54) is 80.3 Å². The van der Waals surface area contributed by atoms with E-state index >= 15 is 0 Å². The third-order valence-electron chi connectivity index (χ3n) is 15.9. The summed E-state index contributed by atoms with van der Waals surface area (Å²) in [4.78, 5) is 5.12. The first kappa shape index (κ1) is 56.3. The summed E-state index contributed by atoms with van der Waals surface area (Å²) in [5, 5.41) is 4.09. The van der Waals surface area contributed by atoms with Gasteiger partial charge in [-0.15, -0.1) is 11.6 Å². The van der Waals surface area contributed by atoms with Crippen LogP contribution in [0.25, 0.3) is 6.08 Å². The van der Waals surface area contributed by atoms with Gasteiger partial charge in [0.2, 0.25) is 0 Å². The molecule has 348 valence electrons. The normalized spacial score (nSPS) is 31.9. The maximum atomic E-state index is 5.86. The van der Waals surface area contributed by atoms with Gasteiger partial charge < -0.3 is 15.1 Å². The molecule has 4 heteroatoms. The van der Waals surface area contributed by atoms with Crippen molar-refractivity contribution >= 4 is 23.4 Å². The predicted molar refractivity (Wildman–Crippen MR) is 274 cm³/mol. The molecule has 2 fully saturated rings. The smallest absolute Gasteiger partial charge is 0.0983 e. The second-order valence-electron chi connectivity index (χ2n) is 20.7. The zero-order valence-electron chi connectivity index (χ0n) is 43.4. The topological polar surface area (TPSA) is 18.5 Å². The van der Waals surface area contributed by atoms with E-state index < -0.39 is 0 Å². The first-order chi connectivity index (χ1) is 28.2. The number of benzene rings is 1. The Kier molecular flexibility index (Phi) is 25.8. The minimum atomic E-state index is 0.274. The quantitative estimate of drug-likeness (QED) is 0.187. The number of allylic oxidation sites excluding steroid dienone is 2. The number of hydrogen-bond acceptors (Lipinski definition) is 3. The van der Waals surface area contributed by atoms with Gasteiger partial charge in [0.15, 0.2) is 0 Å². The standard InChI is InChI=1S/C44H73N3.C8H17Cl.2C2H6/c1-28-22-38(24-40(23-28)47(14)37(10)45-43-21-17-19-39-18-15-16-20-41(39)43)25-42-35(8)33(6)31(4)30(3)32(5)34(7)36(9)46(13)27-29(2)26-44(42,11)12;1-4-5-6-7(2)8(3)9;2*1-2/h16-17,19-21,28-29,31-36,38,40,42,45H,3,10,15,18,22-27H2,1-2,4-9,11-14H3;7-8H,4-6H2,1-3H3;2*1-2H3/t28?,29-,31?,32+,33-,34?,35+,36?,38?,40?,42-;7?,8-;;/m11../s1. The highest BCUT2D eigenvalue weighted by Gasteiger charge is 2.42. The first-order valence-corrected chi connectivity index (χ1v) is 25.6. The fraction of sp³-hybridized carbons (Fsp3) is 0.786. The molecule has 0 spiro atoms. The fourth-order valence-electron chi connectivity index (χ4n) is 11.1. The van der Waals surface area contributed by atoms with Crippen LogP contribution in [0.1, 0.15) is 187 Å². The van der Waals surface area contributed by atoms with Crippen molar-refractivity contribution in [2.24, 2.45) is 64.6 Å². The Morgan fingerprint density at radius 1 is 0.917 bits per heavy atom. The van der Waals surface area contributed by atoms with Crippen LogP contribution in [0, 0.1) is 64.6 Å². The third-order valence-corrected chi connectivity index (χ3v) is 16.3. The van der Waals surface area contributed by atoms with Crippen molar-refractivity contribution in [2.45, 2.75) is 199 Å². The molecule has 3 nitrogen and oxygen atoms in total. The number of hydrogen-bond donors (Lipinski definition) is 1. The van der Waals surface area contributed by atoms with E-state index in [1.54, 1.807) is 0 Å². The highest BCUT2D eigenvalue weighted by molar-refractivity contribution is 6.20. The predicted octanol–water partition coefficient (Wildman–Crippen LogP) is 16.9. The number of nitrogens with one attached hydrogen (secondary N) is 1. The fourth-order valence-corrected chi connectivity index (χ4v) is 11.2. The molecule has 1 aromatic carbocycles. The highest BCUT2D eigenvalue weighted by atomic mass is 35.5. The average Bonchev–Trinajstić information content (AvgIpc) is 3.23. The van der Waals surface area contributed by atoms with E-state index in [0.29, 0.717) is 64.8 Å². The molecule has 1 saturated heterocycles. The van der Waals surface area contributed by atoms with Gasteiger partial charge in [-0.05, 0) is 148 Å². The molecule has 0 aromatic heterocycles. The summed E-state index contributed by atoms with van der Waals surface area (Å²) in [7, 11) is 4.64. The Balaban J connectivity index is 0.00000121. The molecule has 1 N–H and O–H groups in total. The minimum absolute atomic E-state index is 0.274. The van der Waals surface area contributed by atoms with Crippen LogP contribution in [-0.4, -0.2) is 47.9 Å². The van der Waals surface area contributed by atoms with Crippen molar-refractivity contribution in [3.63, 3.8) is 0 Å². The largest absolute Gasteiger partial charge is 0.359 e. The highest BCUT2D eigenvalue weighted by Crippen LogP contribution is 2.50. The molecule has 0 radical (unpaired) electrons. The molecular formula is C56H102ClN3. The Bertz CT molecular complexity index is 1390. The van der Waals surface area contributed by atoms with Gasteiger partial charge in [-0.25, -0.2) is 0 Å². The maximum Gasteiger partial charge on any atom is 0.0983 e. The molecule has 4 rings (SSSR count). The summed E-state index contributed by atoms with van der Waals surface area (Å²) in [6, 6.07) is 7.74. The van der Waals surface area contributed by atoms with E-state index in [4.69, 9.17) is 18.2 Å². The molecule has 60 heavy (non-hydrogen) atoms. The molecule has 1 aromatic rings. The van der Waals surface area contributed by atoms with Gasteiger partial charge in [0.25, 0.3) is 0 Å². The molecule has 0 amide bonds. The van der Waals surface area contributed by atoms with Crippen LogP contribution in [0.2, 0.25) is 0 Å². The molecule has 13 atom stereocenters. The van der Waals surface area contributed by atoms with Gasteiger partial charge in [0, 0.05) is 42.3 Å². The second-order valence-corrected chi connectivity index (χ2v) is 21.4. The van der Waals surface area contributed by atoms with Gasteiger partial charge in [-0.2, -0.15) is 0 Å². The van der Waals surface area contributed by atoms with Gasteiger partial charge in [-0.1, -0.05) is 160 Å². The van der Waals surface area contributed by atoms with E-state index in [-0.39, 0.29) is 5.41 Å². The summed E-state index contributed by atoms with van der Waals surface area (Å²) >= 11 is 5.86. The van der Waals surface area contributed by atoms with Gasteiger partial charge in [0.05, 0.1) is 5.82 Å². The monoisotopic (exact) mass is 852 g/mol. The molecule has 7 unspecified atom stereocenters. The van der Waals surface area contributed by atoms with E-state index in [1.807, 2.05) is 27.7 Å². The second kappa shape index (κ2) is 27.5. The first-order valence-electron chi connectivity index (χ1n) is 25.2. The van der Waals surface area contributed by atoms with E-state index in [0.717, 1.165) is 30.5 Å². The number of unbranched alkanes of at least 4 members (excludes halogenated alkanes) is 1. The molecule has 1 saturated carbocycles. The number of anilines is 1. The molecule has 3 aliphatic rings. The summed E-state index contributed by atoms with van der Waals surface area (Å²) in [5.74, 6) is 7.42. The van der Waals surface area contributed by atoms with E-state index in [2.05, 4.69) is 156 Å². The van der Waals surface area contributed by atoms with Gasteiger partial charge >= 0.3 is 0 Å². The minimum Gasteiger partial charge on any atom is -0.359 e. The van der Waals surface area contributed by atoms with Gasteiger partial charge in [-0.3, -0.25) is 0 Å². The molecule has 1 heterocycles. The van der Waals surface area contributed by atoms with Crippen LogP contribution in [0.5, 0.6) is 0 Å². The van der Waals surface area contributed by atoms with Crippen LogP contribution in [0.3, 0.4) is 0 Å². The van der Waals surface area contributed by atoms with Crippen molar-refractivity contribution < 1.29 is 0 Å². The molecular weight excluding hydrogens is 750 g/mol. The number of fused-ring (bicyclic) bond motifs is 1. The lowest BCUT2D eigenvalue weighted by molar-refractivity contribution is 0.0335. The van der Waals surface area contributed by atoms with Crippen LogP contribution in [0.4, 0.5) is 5.69 Å². The summed E-state index contributed by atoms with van der Waals surface area (Å²) < 4.78 is 0. The van der Waals surface area contributed by atoms with Crippen molar-refractivity contribution in [1.29, 1.82) is 0 Å². The number of alkyl halides is 1. The Hall–Kier alpha value is -1.71. The molecule has 1 aliphatic heterocycles. The number of rotatable bonds is 10. The average molecular weight is 853 g/mol. The molecule has 0 bridgehead atoms. The lowest BCUT2D eigenvalue weighted by atomic mass is 9.59. The van der Waals surface area contributed by atoms with Crippen LogP contribution in [0.15, 0.2) is 48.8 Å². The number of halogens is 1. The zero-order valence-corrected chi connectivity index (χ0v) is 44.1. The van der Waals surface area contributed by atoms with Crippen LogP contribution >= 0.6 is 11.6 Å². The van der Waals surface area contributed by atoms with Crippen molar-refractivity contribution in [3.8, 4) is 0 Å². The molecule has 2 aliphatic carbocycles. The lowest BCUT2D eigenvalue weighted by Crippen LogP contribution is -2.42. The maximum absolute atomic E-state index is 5.86. The van der Waals surface area contributed by atoms with Gasteiger partial charge in [0.1, 0.15) is 0 Å². The van der Waals surface area contributed by atoms with E-state index in [9.17, 15) is 0 Å². The van der Waals surface area contributed by atoms with Crippen molar-refractivity contribution in [3.05, 3.63) is 60.0 Å². The number of nitrogens with zero attached hydrogens (tertiary/aromatic N) is 2. The Morgan fingerprint density at radius 2 is 1.53 bits per heavy atom. The lowest BCUT2D eigenvalue weighted by Gasteiger charge is -2.47. The third kappa shape index (κ3) is 16.4. The van der Waals surface area contributed by atoms with Crippen LogP contribution < -0.4 is 5.32 Å². The Morgan fingerprint density at radius 3 is 2.13 bits per heavy atom. The Labute approximate surface area is 381 Å². The van der Waals surface area contributed by atoms with Crippen molar-refractivity contribution in [2.75, 3.05) is 26.0 Å².